The van der Waals surface area contributed by atoms with Crippen LogP contribution in [0.3, 0.4) is 0 Å². The highest BCUT2D eigenvalue weighted by molar-refractivity contribution is 5.93. The number of halogens is 3. The smallest absolute Gasteiger partial charge is 0.245 e. The topological polar surface area (TPSA) is 132 Å². The number of Topliss-reactive ketones (excluding diaryl/α,β-unsaturated/α-hetero) is 1. The van der Waals surface area contributed by atoms with Gasteiger partial charge in [-0.05, 0) is 87.9 Å². The fraction of sp³-hybridized carbons (Fsp3) is 0.568. The van der Waals surface area contributed by atoms with Crippen LogP contribution in [-0.2, 0) is 32.1 Å². The molecular weight excluding hydrogens is 748 g/mol. The summed E-state index contributed by atoms with van der Waals surface area (Å²) in [6, 6.07) is 6.79. The molecule has 0 saturated carbocycles. The van der Waals surface area contributed by atoms with E-state index in [1.807, 2.05) is 44.1 Å². The van der Waals surface area contributed by atoms with E-state index in [0.717, 1.165) is 6.42 Å². The lowest BCUT2D eigenvalue weighted by Crippen LogP contribution is -2.51. The van der Waals surface area contributed by atoms with Crippen LogP contribution in [0.25, 0.3) is 33.5 Å². The number of imidazole rings is 1. The van der Waals surface area contributed by atoms with Crippen molar-refractivity contribution in [2.45, 2.75) is 123 Å². The Bertz CT molecular complexity index is 2150. The Labute approximate surface area is 338 Å². The average molecular weight is 806 g/mol. The lowest BCUT2D eigenvalue weighted by molar-refractivity contribution is -0.140. The molecule has 0 spiro atoms. The molecule has 4 aromatic rings. The number of aromatic nitrogens is 3. The van der Waals surface area contributed by atoms with Gasteiger partial charge in [-0.3, -0.25) is 19.2 Å². The molecule has 4 heterocycles. The van der Waals surface area contributed by atoms with Crippen LogP contribution in [0, 0.1) is 29.4 Å². The molecule has 0 unspecified atom stereocenters. The molecule has 7 atom stereocenters. The number of benzene rings is 2. The molecule has 3 N–H and O–H groups in total. The first-order chi connectivity index (χ1) is 27.6. The normalized spacial score (nSPS) is 20.6. The van der Waals surface area contributed by atoms with Gasteiger partial charge in [-0.2, -0.15) is 0 Å². The summed E-state index contributed by atoms with van der Waals surface area (Å²) in [6.07, 6.45) is 1.57. The third kappa shape index (κ3) is 8.81. The number of likely N-dealkylation sites (N-methyl/N-ethyl adjacent to an activating group) is 1. The molecule has 0 radical (unpaired) electrons. The number of rotatable bonds is 16. The van der Waals surface area contributed by atoms with Gasteiger partial charge in [0.2, 0.25) is 17.7 Å². The molecule has 2 saturated heterocycles. The van der Waals surface area contributed by atoms with Gasteiger partial charge in [-0.25, -0.2) is 18.2 Å². The van der Waals surface area contributed by atoms with Crippen molar-refractivity contribution < 1.29 is 32.3 Å². The largest absolute Gasteiger partial charge is 0.352 e. The maximum absolute atomic E-state index is 15.5. The zero-order chi connectivity index (χ0) is 42.0. The van der Waals surface area contributed by atoms with Crippen molar-refractivity contribution in [3.63, 3.8) is 0 Å². The molecule has 58 heavy (non-hydrogen) atoms. The summed E-state index contributed by atoms with van der Waals surface area (Å²) in [7, 11) is 1.69. The molecule has 2 fully saturated rings. The van der Waals surface area contributed by atoms with Crippen LogP contribution in [0.1, 0.15) is 85.6 Å². The standard InChI is InChI=1S/C44H58F3N7O4/c1-8-25(5)42(56)51-35(9-2)44(58)52-16-10-11-30(52)23-54-38-15-13-28(46)19-37(38)50-41(54)40-34(32-14-12-27(45)18-36(32)49-40)20-31-17-29(47)22-53(31)43(57)33(24(3)4)21-39(55)26(6)48-7/h12-15,18-19,24-26,29-31,33,35,48-49H,8-11,16-17,20-23H2,1-7H3,(H,51,56)/t25-,26+,29+,30+,31+,33+,35+/m1/s1. The van der Waals surface area contributed by atoms with Crippen molar-refractivity contribution in [3.8, 4) is 11.5 Å². The molecule has 14 heteroatoms. The first kappa shape index (κ1) is 42.9. The fourth-order valence-electron chi connectivity index (χ4n) is 8.61. The minimum Gasteiger partial charge on any atom is -0.352 e. The minimum absolute atomic E-state index is 0.0286. The molecule has 6 rings (SSSR count). The number of ketones is 1. The van der Waals surface area contributed by atoms with Gasteiger partial charge in [0, 0.05) is 66.8 Å². The summed E-state index contributed by atoms with van der Waals surface area (Å²) < 4.78 is 47.0. The van der Waals surface area contributed by atoms with E-state index in [1.54, 1.807) is 31.0 Å². The van der Waals surface area contributed by atoms with E-state index >= 15 is 4.39 Å². The third-order valence-electron chi connectivity index (χ3n) is 12.5. The zero-order valence-corrected chi connectivity index (χ0v) is 34.7. The number of nitrogens with zero attached hydrogens (tertiary/aromatic N) is 4. The van der Waals surface area contributed by atoms with E-state index in [-0.39, 0.29) is 67.2 Å². The number of hydrogen-bond acceptors (Lipinski definition) is 6. The van der Waals surface area contributed by atoms with Crippen molar-refractivity contribution in [2.75, 3.05) is 20.1 Å². The number of fused-ring (bicyclic) bond motifs is 2. The number of likely N-dealkylation sites (tertiary alicyclic amines) is 2. The first-order valence-corrected chi connectivity index (χ1v) is 20.9. The third-order valence-corrected chi connectivity index (χ3v) is 12.5. The van der Waals surface area contributed by atoms with Gasteiger partial charge in [0.25, 0.3) is 0 Å². The van der Waals surface area contributed by atoms with E-state index in [0.29, 0.717) is 71.4 Å². The second-order valence-corrected chi connectivity index (χ2v) is 16.7. The Balaban J connectivity index is 1.39. The molecule has 0 aliphatic carbocycles. The van der Waals surface area contributed by atoms with Gasteiger partial charge < -0.3 is 30.0 Å². The molecule has 2 aromatic carbocycles. The Hall–Kier alpha value is -4.72. The number of nitrogens with one attached hydrogen (secondary N) is 3. The summed E-state index contributed by atoms with van der Waals surface area (Å²) in [6.45, 7) is 11.9. The highest BCUT2D eigenvalue weighted by atomic mass is 19.1. The van der Waals surface area contributed by atoms with Gasteiger partial charge in [0.05, 0.1) is 29.3 Å². The minimum atomic E-state index is -1.28. The van der Waals surface area contributed by atoms with E-state index in [9.17, 15) is 28.0 Å². The molecule has 314 valence electrons. The zero-order valence-electron chi connectivity index (χ0n) is 34.7. The van der Waals surface area contributed by atoms with Crippen LogP contribution >= 0.6 is 0 Å². The van der Waals surface area contributed by atoms with Gasteiger partial charge in [0.15, 0.2) is 5.82 Å². The number of H-pyrrole nitrogens is 1. The van der Waals surface area contributed by atoms with Crippen molar-refractivity contribution in [1.29, 1.82) is 0 Å². The quantitative estimate of drug-likeness (QED) is 0.115. The first-order valence-electron chi connectivity index (χ1n) is 20.9. The van der Waals surface area contributed by atoms with Crippen LogP contribution in [-0.4, -0.2) is 98.3 Å². The summed E-state index contributed by atoms with van der Waals surface area (Å²) in [5.74, 6) is -2.23. The molecule has 2 aromatic heterocycles. The highest BCUT2D eigenvalue weighted by Gasteiger charge is 2.41. The number of aromatic amines is 1. The van der Waals surface area contributed by atoms with Crippen LogP contribution < -0.4 is 10.6 Å². The lowest BCUT2D eigenvalue weighted by Gasteiger charge is -2.31. The molecule has 2 aliphatic heterocycles. The Morgan fingerprint density at radius 1 is 0.948 bits per heavy atom. The van der Waals surface area contributed by atoms with Crippen molar-refractivity contribution in [3.05, 3.63) is 53.6 Å². The van der Waals surface area contributed by atoms with Crippen molar-refractivity contribution in [1.82, 2.24) is 35.0 Å². The fourth-order valence-corrected chi connectivity index (χ4v) is 8.61. The maximum atomic E-state index is 15.5. The average Bonchev–Trinajstić information content (AvgIpc) is 3.98. The van der Waals surface area contributed by atoms with Gasteiger partial charge in [0.1, 0.15) is 29.6 Å². The predicted molar refractivity (Wildman–Crippen MR) is 219 cm³/mol. The Kier molecular flexibility index (Phi) is 13.3. The van der Waals surface area contributed by atoms with E-state index in [4.69, 9.17) is 4.98 Å². The molecule has 0 bridgehead atoms. The number of hydrogen-bond donors (Lipinski definition) is 3. The van der Waals surface area contributed by atoms with E-state index in [1.165, 1.54) is 24.3 Å². The highest BCUT2D eigenvalue weighted by Crippen LogP contribution is 2.38. The number of alkyl halides is 1. The number of amides is 3. The molecule has 3 amide bonds. The predicted octanol–water partition coefficient (Wildman–Crippen LogP) is 6.72. The van der Waals surface area contributed by atoms with Crippen LogP contribution in [0.2, 0.25) is 0 Å². The number of carbonyl (C=O) groups is 4. The SMILES string of the molecule is CC[C@@H](C)C(=O)N[C@@H](CC)C(=O)N1CCC[C@H]1Cn1c(-c2[nH]c3cc(F)ccc3c2C[C@@H]2C[C@H](F)CN2C(=O)[C@@H](CC(=O)[C@H](C)NC)C(C)C)nc2cc(F)ccc21. The second-order valence-electron chi connectivity index (χ2n) is 16.7. The summed E-state index contributed by atoms with van der Waals surface area (Å²) in [4.78, 5) is 65.9. The van der Waals surface area contributed by atoms with Crippen molar-refractivity contribution in [2.24, 2.45) is 17.8 Å². The molecule has 2 aliphatic rings. The van der Waals surface area contributed by atoms with Gasteiger partial charge in [-0.1, -0.05) is 34.6 Å². The van der Waals surface area contributed by atoms with E-state index < -0.39 is 41.8 Å². The van der Waals surface area contributed by atoms with Crippen LogP contribution in [0.15, 0.2) is 36.4 Å². The Morgan fingerprint density at radius 3 is 2.36 bits per heavy atom. The summed E-state index contributed by atoms with van der Waals surface area (Å²) in [5, 5.41) is 6.57. The second kappa shape index (κ2) is 18.0. The van der Waals surface area contributed by atoms with Gasteiger partial charge >= 0.3 is 0 Å². The van der Waals surface area contributed by atoms with E-state index in [2.05, 4.69) is 15.6 Å². The Morgan fingerprint density at radius 2 is 1.67 bits per heavy atom. The lowest BCUT2D eigenvalue weighted by atomic mass is 9.87. The maximum Gasteiger partial charge on any atom is 0.245 e. The van der Waals surface area contributed by atoms with Crippen LogP contribution in [0.4, 0.5) is 13.2 Å². The van der Waals surface area contributed by atoms with Crippen LogP contribution in [0.5, 0.6) is 0 Å². The molecular formula is C44H58F3N7O4. The molecule has 11 nitrogen and oxygen atoms in total. The van der Waals surface area contributed by atoms with Gasteiger partial charge in [-0.15, -0.1) is 0 Å². The monoisotopic (exact) mass is 805 g/mol. The summed E-state index contributed by atoms with van der Waals surface area (Å²) >= 11 is 0. The summed E-state index contributed by atoms with van der Waals surface area (Å²) in [5.41, 5.74) is 2.71. The number of carbonyl (C=O) groups excluding carboxylic acids is 4. The van der Waals surface area contributed by atoms with Crippen molar-refractivity contribution >= 4 is 45.4 Å².